The zero-order valence-electron chi connectivity index (χ0n) is 11.8. The highest BCUT2D eigenvalue weighted by atomic mass is 16.5. The number of carbonyl (C=O) groups excluding carboxylic acids is 2. The van der Waals surface area contributed by atoms with Crippen LogP contribution in [-0.2, 0) is 16.0 Å². The van der Waals surface area contributed by atoms with Crippen LogP contribution in [-0.4, -0.2) is 76.7 Å². The number of H-pyrrole nitrogens is 1. The van der Waals surface area contributed by atoms with Crippen LogP contribution in [0.1, 0.15) is 23.4 Å². The van der Waals surface area contributed by atoms with Gasteiger partial charge in [-0.25, -0.2) is 4.98 Å². The first kappa shape index (κ1) is 14.4. The fourth-order valence-corrected chi connectivity index (χ4v) is 2.05. The molecule has 0 spiro atoms. The number of amides is 1. The number of rotatable bonds is 4. The van der Waals surface area contributed by atoms with Crippen molar-refractivity contribution in [3.63, 3.8) is 0 Å². The second kappa shape index (κ2) is 6.47. The Bertz CT molecular complexity index is 479. The van der Waals surface area contributed by atoms with E-state index in [0.29, 0.717) is 38.4 Å². The van der Waals surface area contributed by atoms with Crippen molar-refractivity contribution in [1.29, 1.82) is 0 Å². The summed E-state index contributed by atoms with van der Waals surface area (Å²) >= 11 is 0. The topological polar surface area (TPSA) is 91.4 Å². The minimum absolute atomic E-state index is 0.168. The number of piperazine rings is 1. The quantitative estimate of drug-likeness (QED) is 0.734. The van der Waals surface area contributed by atoms with E-state index in [1.165, 1.54) is 7.11 Å². The van der Waals surface area contributed by atoms with Gasteiger partial charge in [0.1, 0.15) is 5.82 Å². The van der Waals surface area contributed by atoms with Gasteiger partial charge in [0.15, 0.2) is 0 Å². The number of aryl methyl sites for hydroxylation is 1. The van der Waals surface area contributed by atoms with Gasteiger partial charge in [0.2, 0.25) is 5.82 Å². The van der Waals surface area contributed by atoms with Gasteiger partial charge in [-0.3, -0.25) is 19.6 Å². The van der Waals surface area contributed by atoms with Crippen LogP contribution in [0.2, 0.25) is 0 Å². The Morgan fingerprint density at radius 2 is 2.00 bits per heavy atom. The van der Waals surface area contributed by atoms with Gasteiger partial charge in [-0.2, -0.15) is 0 Å². The molecule has 0 unspecified atom stereocenters. The molecule has 110 valence electrons. The Morgan fingerprint density at radius 3 is 2.55 bits per heavy atom. The van der Waals surface area contributed by atoms with Crippen molar-refractivity contribution in [2.75, 3.05) is 39.8 Å². The lowest BCUT2D eigenvalue weighted by Gasteiger charge is -2.33. The highest BCUT2D eigenvalue weighted by molar-refractivity contribution is 5.90. The number of methoxy groups -OCH3 is 1. The molecule has 1 amide bonds. The van der Waals surface area contributed by atoms with E-state index < -0.39 is 0 Å². The van der Waals surface area contributed by atoms with Crippen LogP contribution < -0.4 is 0 Å². The van der Waals surface area contributed by atoms with Crippen molar-refractivity contribution in [2.45, 2.75) is 13.3 Å². The van der Waals surface area contributed by atoms with E-state index in [4.69, 9.17) is 0 Å². The number of carbonyl (C=O) groups is 2. The maximum absolute atomic E-state index is 12.2. The predicted octanol–water partition coefficient (Wildman–Crippen LogP) is -0.702. The molecule has 8 heteroatoms. The first-order valence-corrected chi connectivity index (χ1v) is 6.63. The molecule has 1 aliphatic heterocycles. The van der Waals surface area contributed by atoms with Crippen molar-refractivity contribution in [3.8, 4) is 0 Å². The third kappa shape index (κ3) is 3.32. The summed E-state index contributed by atoms with van der Waals surface area (Å²) in [6.07, 6.45) is 0.715. The van der Waals surface area contributed by atoms with E-state index in [-0.39, 0.29) is 24.2 Å². The number of nitrogens with zero attached hydrogens (tertiary/aromatic N) is 4. The van der Waals surface area contributed by atoms with Gasteiger partial charge >= 0.3 is 5.97 Å². The minimum Gasteiger partial charge on any atom is -0.468 e. The molecule has 0 saturated carbocycles. The largest absolute Gasteiger partial charge is 0.468 e. The molecule has 0 aromatic carbocycles. The van der Waals surface area contributed by atoms with Gasteiger partial charge in [-0.15, -0.1) is 5.10 Å². The molecule has 1 aromatic heterocycles. The van der Waals surface area contributed by atoms with E-state index in [1.54, 1.807) is 4.90 Å². The Labute approximate surface area is 117 Å². The van der Waals surface area contributed by atoms with Gasteiger partial charge in [0.05, 0.1) is 13.7 Å². The lowest BCUT2D eigenvalue weighted by molar-refractivity contribution is -0.142. The summed E-state index contributed by atoms with van der Waals surface area (Å²) in [6, 6.07) is 0. The fraction of sp³-hybridized carbons (Fsp3) is 0.667. The summed E-state index contributed by atoms with van der Waals surface area (Å²) in [5, 5.41) is 6.67. The first-order valence-electron chi connectivity index (χ1n) is 6.63. The van der Waals surface area contributed by atoms with Crippen molar-refractivity contribution >= 4 is 11.9 Å². The van der Waals surface area contributed by atoms with Crippen molar-refractivity contribution < 1.29 is 14.3 Å². The molecule has 1 N–H and O–H groups in total. The molecule has 0 aliphatic carbocycles. The molecule has 1 aliphatic rings. The molecule has 8 nitrogen and oxygen atoms in total. The van der Waals surface area contributed by atoms with Gasteiger partial charge in [0, 0.05) is 32.6 Å². The van der Waals surface area contributed by atoms with Crippen LogP contribution in [0.25, 0.3) is 0 Å². The average Bonchev–Trinajstić information content (AvgIpc) is 2.96. The lowest BCUT2D eigenvalue weighted by atomic mass is 10.3. The van der Waals surface area contributed by atoms with Crippen LogP contribution in [0.15, 0.2) is 0 Å². The Morgan fingerprint density at radius 1 is 1.30 bits per heavy atom. The van der Waals surface area contributed by atoms with Crippen LogP contribution in [0.3, 0.4) is 0 Å². The molecule has 20 heavy (non-hydrogen) atoms. The number of nitrogens with one attached hydrogen (secondary N) is 1. The standard InChI is InChI=1S/C12H19N5O3/c1-3-9-13-11(15-14-9)12(19)17-6-4-16(5-7-17)8-10(18)20-2/h3-8H2,1-2H3,(H,13,14,15). The van der Waals surface area contributed by atoms with Crippen LogP contribution in [0, 0.1) is 0 Å². The second-order valence-corrected chi connectivity index (χ2v) is 4.60. The third-order valence-corrected chi connectivity index (χ3v) is 3.30. The maximum Gasteiger partial charge on any atom is 0.319 e. The lowest BCUT2D eigenvalue weighted by Crippen LogP contribution is -2.50. The Balaban J connectivity index is 1.87. The van der Waals surface area contributed by atoms with Crippen molar-refractivity contribution in [3.05, 3.63) is 11.6 Å². The molecule has 2 heterocycles. The molecule has 1 fully saturated rings. The van der Waals surface area contributed by atoms with E-state index in [0.717, 1.165) is 0 Å². The van der Waals surface area contributed by atoms with Gasteiger partial charge in [-0.05, 0) is 0 Å². The summed E-state index contributed by atoms with van der Waals surface area (Å²) < 4.78 is 4.63. The number of ether oxygens (including phenoxy) is 1. The van der Waals surface area contributed by atoms with Crippen LogP contribution in [0.5, 0.6) is 0 Å². The van der Waals surface area contributed by atoms with Crippen molar-refractivity contribution in [1.82, 2.24) is 25.0 Å². The number of hydrogen-bond donors (Lipinski definition) is 1. The summed E-state index contributed by atoms with van der Waals surface area (Å²) in [6.45, 7) is 4.62. The highest BCUT2D eigenvalue weighted by Crippen LogP contribution is 2.06. The predicted molar refractivity (Wildman–Crippen MR) is 70.1 cm³/mol. The third-order valence-electron chi connectivity index (χ3n) is 3.30. The normalized spacial score (nSPS) is 16.2. The molecule has 0 atom stereocenters. The monoisotopic (exact) mass is 281 g/mol. The zero-order valence-corrected chi connectivity index (χ0v) is 11.8. The summed E-state index contributed by atoms with van der Waals surface area (Å²) in [5.41, 5.74) is 0. The Kier molecular flexibility index (Phi) is 4.67. The maximum atomic E-state index is 12.2. The summed E-state index contributed by atoms with van der Waals surface area (Å²) in [4.78, 5) is 31.2. The number of hydrogen-bond acceptors (Lipinski definition) is 6. The van der Waals surface area contributed by atoms with Crippen LogP contribution >= 0.6 is 0 Å². The van der Waals surface area contributed by atoms with Crippen LogP contribution in [0.4, 0.5) is 0 Å². The first-order chi connectivity index (χ1) is 9.63. The summed E-state index contributed by atoms with van der Waals surface area (Å²) in [5.74, 6) is 0.492. The van der Waals surface area contributed by atoms with E-state index in [1.807, 2.05) is 11.8 Å². The minimum atomic E-state index is -0.258. The highest BCUT2D eigenvalue weighted by Gasteiger charge is 2.25. The molecule has 0 bridgehead atoms. The SMILES string of the molecule is CCc1nc(C(=O)N2CCN(CC(=O)OC)CC2)n[nH]1. The molecule has 1 saturated heterocycles. The second-order valence-electron chi connectivity index (χ2n) is 4.60. The number of esters is 1. The average molecular weight is 281 g/mol. The van der Waals surface area contributed by atoms with Gasteiger partial charge in [0.25, 0.3) is 5.91 Å². The van der Waals surface area contributed by atoms with E-state index >= 15 is 0 Å². The van der Waals surface area contributed by atoms with E-state index in [9.17, 15) is 9.59 Å². The number of aromatic nitrogens is 3. The Hall–Kier alpha value is -1.96. The van der Waals surface area contributed by atoms with Gasteiger partial charge < -0.3 is 9.64 Å². The molecule has 0 radical (unpaired) electrons. The zero-order chi connectivity index (χ0) is 14.5. The van der Waals surface area contributed by atoms with E-state index in [2.05, 4.69) is 19.9 Å². The summed E-state index contributed by atoms with van der Waals surface area (Å²) in [7, 11) is 1.37. The molecular weight excluding hydrogens is 262 g/mol. The number of aromatic amines is 1. The molecule has 2 rings (SSSR count). The molecule has 1 aromatic rings. The van der Waals surface area contributed by atoms with Crippen molar-refractivity contribution in [2.24, 2.45) is 0 Å². The fourth-order valence-electron chi connectivity index (χ4n) is 2.05. The smallest absolute Gasteiger partial charge is 0.319 e. The van der Waals surface area contributed by atoms with Gasteiger partial charge in [-0.1, -0.05) is 6.92 Å². The molecular formula is C12H19N5O3.